The maximum Gasteiger partial charge on any atom is 0.331 e. The minimum atomic E-state index is -2.95. The predicted octanol–water partition coefficient (Wildman–Crippen LogP) is 3.24. The Morgan fingerprint density at radius 3 is 2.32 bits per heavy atom. The molecule has 0 aromatic carbocycles. The lowest BCUT2D eigenvalue weighted by molar-refractivity contribution is -0.138. The van der Waals surface area contributed by atoms with Crippen LogP contribution in [0.15, 0.2) is 0 Å². The number of hydrogen-bond donors (Lipinski definition) is 1. The molecule has 1 saturated carbocycles. The first kappa shape index (κ1) is 17.0. The second-order valence-electron chi connectivity index (χ2n) is 4.79. The molecule has 0 radical (unpaired) electrons. The Morgan fingerprint density at radius 2 is 1.89 bits per heavy atom. The third kappa shape index (κ3) is 6.30. The van der Waals surface area contributed by atoms with Crippen molar-refractivity contribution < 1.29 is 23.5 Å². The summed E-state index contributed by atoms with van der Waals surface area (Å²) < 4.78 is 22.6. The fourth-order valence-corrected chi connectivity index (χ4v) is 5.39. The average Bonchev–Trinajstić information content (AvgIpc) is 3.05. The van der Waals surface area contributed by atoms with Gasteiger partial charge in [0.05, 0.1) is 25.8 Å². The van der Waals surface area contributed by atoms with Crippen molar-refractivity contribution in [3.63, 3.8) is 0 Å². The van der Waals surface area contributed by atoms with Gasteiger partial charge in [0.25, 0.3) is 0 Å². The van der Waals surface area contributed by atoms with Gasteiger partial charge in [-0.25, -0.2) is 0 Å². The van der Waals surface area contributed by atoms with Crippen LogP contribution < -0.4 is 0 Å². The van der Waals surface area contributed by atoms with Crippen molar-refractivity contribution in [2.45, 2.75) is 33.1 Å². The normalized spacial score (nSPS) is 17.4. The van der Waals surface area contributed by atoms with Crippen LogP contribution >= 0.6 is 19.4 Å². The zero-order valence-corrected chi connectivity index (χ0v) is 13.3. The van der Waals surface area contributed by atoms with Crippen LogP contribution in [0.3, 0.4) is 0 Å². The van der Waals surface area contributed by atoms with E-state index in [4.69, 9.17) is 14.2 Å². The summed E-state index contributed by atoms with van der Waals surface area (Å²) in [5.74, 6) is 0.767. The van der Waals surface area contributed by atoms with Gasteiger partial charge >= 0.3 is 13.6 Å². The Morgan fingerprint density at radius 1 is 1.32 bits per heavy atom. The highest BCUT2D eigenvalue weighted by Crippen LogP contribution is 2.52. The predicted molar refractivity (Wildman–Crippen MR) is 77.0 cm³/mol. The summed E-state index contributed by atoms with van der Waals surface area (Å²) in [5, 5.41) is 8.82. The lowest BCUT2D eigenvalue weighted by atomic mass is 10.1. The highest BCUT2D eigenvalue weighted by Gasteiger charge is 2.44. The summed E-state index contributed by atoms with van der Waals surface area (Å²) >= 11 is 1.65. The average molecular weight is 310 g/mol. The van der Waals surface area contributed by atoms with Gasteiger partial charge in [0.1, 0.15) is 0 Å². The van der Waals surface area contributed by atoms with Crippen LogP contribution in [-0.2, 0) is 18.4 Å². The zero-order chi connectivity index (χ0) is 14.4. The molecule has 0 aromatic heterocycles. The van der Waals surface area contributed by atoms with Crippen LogP contribution in [0.5, 0.6) is 0 Å². The van der Waals surface area contributed by atoms with Crippen LogP contribution in [0.1, 0.15) is 33.1 Å². The van der Waals surface area contributed by atoms with E-state index in [-0.39, 0.29) is 11.8 Å². The van der Waals surface area contributed by atoms with E-state index in [0.29, 0.717) is 25.1 Å². The molecule has 1 rings (SSSR count). The number of rotatable bonds is 11. The summed E-state index contributed by atoms with van der Waals surface area (Å²) in [5.41, 5.74) is -0.0162. The summed E-state index contributed by atoms with van der Waals surface area (Å²) in [6.07, 6.45) is 2.61. The largest absolute Gasteiger partial charge is 0.481 e. The first-order valence-corrected chi connectivity index (χ1v) is 9.51. The van der Waals surface area contributed by atoms with Gasteiger partial charge in [-0.1, -0.05) is 0 Å². The van der Waals surface area contributed by atoms with Gasteiger partial charge in [0.15, 0.2) is 0 Å². The van der Waals surface area contributed by atoms with Crippen LogP contribution in [0, 0.1) is 5.41 Å². The molecule has 0 unspecified atom stereocenters. The first-order chi connectivity index (χ1) is 8.95. The Bertz CT molecular complexity index is 333. The van der Waals surface area contributed by atoms with Gasteiger partial charge in [-0.15, -0.1) is 0 Å². The number of hydrogen-bond acceptors (Lipinski definition) is 5. The molecule has 7 heteroatoms. The van der Waals surface area contributed by atoms with E-state index in [1.165, 1.54) is 0 Å². The van der Waals surface area contributed by atoms with Crippen molar-refractivity contribution in [3.05, 3.63) is 0 Å². The van der Waals surface area contributed by atoms with Crippen molar-refractivity contribution in [1.29, 1.82) is 0 Å². The number of carboxylic acids is 1. The topological polar surface area (TPSA) is 72.8 Å². The third-order valence-corrected chi connectivity index (χ3v) is 6.74. The molecular formula is C12H23O5PS. The molecule has 1 fully saturated rings. The Kier molecular flexibility index (Phi) is 6.87. The van der Waals surface area contributed by atoms with Crippen LogP contribution in [0.2, 0.25) is 0 Å². The van der Waals surface area contributed by atoms with E-state index >= 15 is 0 Å². The lowest BCUT2D eigenvalue weighted by Gasteiger charge is -2.17. The van der Waals surface area contributed by atoms with Crippen molar-refractivity contribution in [3.8, 4) is 0 Å². The third-order valence-electron chi connectivity index (χ3n) is 3.05. The Balaban J connectivity index is 2.25. The molecule has 0 bridgehead atoms. The lowest BCUT2D eigenvalue weighted by Crippen LogP contribution is -2.12. The molecule has 1 aliphatic carbocycles. The van der Waals surface area contributed by atoms with Crippen molar-refractivity contribution in [2.75, 3.05) is 30.9 Å². The highest BCUT2D eigenvalue weighted by molar-refractivity contribution is 7.99. The SMILES string of the molecule is CCOP(=O)(CCSCC1(CC(=O)O)CC1)OCC. The van der Waals surface area contributed by atoms with E-state index in [0.717, 1.165) is 18.6 Å². The van der Waals surface area contributed by atoms with E-state index in [1.807, 2.05) is 0 Å². The zero-order valence-electron chi connectivity index (χ0n) is 11.6. The fraction of sp³-hybridized carbons (Fsp3) is 0.917. The van der Waals surface area contributed by atoms with Crippen LogP contribution in [-0.4, -0.2) is 42.0 Å². The van der Waals surface area contributed by atoms with Crippen molar-refractivity contribution >= 4 is 25.3 Å². The molecule has 0 amide bonds. The van der Waals surface area contributed by atoms with E-state index in [9.17, 15) is 9.36 Å². The minimum absolute atomic E-state index is 0.0162. The number of carbonyl (C=O) groups is 1. The molecule has 1 N–H and O–H groups in total. The summed E-state index contributed by atoms with van der Waals surface area (Å²) in [7, 11) is -2.95. The molecule has 0 saturated heterocycles. The highest BCUT2D eigenvalue weighted by atomic mass is 32.2. The second kappa shape index (κ2) is 7.67. The first-order valence-electron chi connectivity index (χ1n) is 6.63. The molecule has 1 aliphatic rings. The fourth-order valence-electron chi connectivity index (χ4n) is 1.89. The molecule has 0 spiro atoms. The Labute approximate surface area is 119 Å². The quantitative estimate of drug-likeness (QED) is 0.466. The smallest absolute Gasteiger partial charge is 0.331 e. The van der Waals surface area contributed by atoms with Gasteiger partial charge in [-0.05, 0) is 37.9 Å². The van der Waals surface area contributed by atoms with Gasteiger partial charge in [-0.2, -0.15) is 11.8 Å². The summed E-state index contributed by atoms with van der Waals surface area (Å²) in [6.45, 7) is 4.35. The van der Waals surface area contributed by atoms with E-state index in [1.54, 1.807) is 25.6 Å². The Hall–Kier alpha value is -0.0300. The maximum atomic E-state index is 12.2. The summed E-state index contributed by atoms with van der Waals surface area (Å²) in [4.78, 5) is 10.7. The monoisotopic (exact) mass is 310 g/mol. The van der Waals surface area contributed by atoms with Crippen LogP contribution in [0.25, 0.3) is 0 Å². The van der Waals surface area contributed by atoms with Gasteiger partial charge in [0.2, 0.25) is 0 Å². The molecule has 0 aromatic rings. The molecule has 0 aliphatic heterocycles. The standard InChI is InChI=1S/C12H23O5PS/c1-3-16-18(15,17-4-2)7-8-19-10-12(5-6-12)9-11(13)14/h3-10H2,1-2H3,(H,13,14). The number of thioether (sulfide) groups is 1. The van der Waals surface area contributed by atoms with Crippen molar-refractivity contribution in [1.82, 2.24) is 0 Å². The second-order valence-corrected chi connectivity index (χ2v) is 8.08. The molecule has 112 valence electrons. The number of aliphatic carboxylic acids is 1. The molecule has 0 heterocycles. The van der Waals surface area contributed by atoms with Gasteiger partial charge in [0, 0.05) is 5.75 Å². The maximum absolute atomic E-state index is 12.2. The molecular weight excluding hydrogens is 287 g/mol. The van der Waals surface area contributed by atoms with Gasteiger partial charge in [-0.3, -0.25) is 9.36 Å². The number of carboxylic acid groups (broad SMARTS) is 1. The molecule has 19 heavy (non-hydrogen) atoms. The van der Waals surface area contributed by atoms with E-state index in [2.05, 4.69) is 0 Å². The van der Waals surface area contributed by atoms with Crippen LogP contribution in [0.4, 0.5) is 0 Å². The van der Waals surface area contributed by atoms with Gasteiger partial charge < -0.3 is 14.2 Å². The van der Waals surface area contributed by atoms with Crippen molar-refractivity contribution in [2.24, 2.45) is 5.41 Å². The minimum Gasteiger partial charge on any atom is -0.481 e. The van der Waals surface area contributed by atoms with E-state index < -0.39 is 13.6 Å². The molecule has 5 nitrogen and oxygen atoms in total. The molecule has 0 atom stereocenters. The summed E-state index contributed by atoms with van der Waals surface area (Å²) in [6, 6.07) is 0.